The molecule has 0 radical (unpaired) electrons. The van der Waals surface area contributed by atoms with Crippen LogP contribution in [0, 0.1) is 17.8 Å². The van der Waals surface area contributed by atoms with Crippen molar-refractivity contribution in [2.45, 2.75) is 129 Å². The highest BCUT2D eigenvalue weighted by Gasteiger charge is 2.36. The fourth-order valence-corrected chi connectivity index (χ4v) is 7.62. The third-order valence-corrected chi connectivity index (χ3v) is 11.4. The number of amides is 6. The summed E-state index contributed by atoms with van der Waals surface area (Å²) >= 11 is 0. The van der Waals surface area contributed by atoms with Gasteiger partial charge in [-0.25, -0.2) is 9.78 Å². The van der Waals surface area contributed by atoms with Crippen LogP contribution in [-0.4, -0.2) is 110 Å². The quantitative estimate of drug-likeness (QED) is 0.0383. The van der Waals surface area contributed by atoms with Crippen molar-refractivity contribution in [2.24, 2.45) is 29.2 Å². The van der Waals surface area contributed by atoms with Crippen molar-refractivity contribution in [3.05, 3.63) is 90.1 Å². The lowest BCUT2D eigenvalue weighted by Gasteiger charge is -2.30. The molecule has 13 N–H and O–H groups in total. The van der Waals surface area contributed by atoms with Gasteiger partial charge in [0.15, 0.2) is 0 Å². The highest BCUT2D eigenvalue weighted by Crippen LogP contribution is 2.20. The second-order valence-electron chi connectivity index (χ2n) is 18.1. The van der Waals surface area contributed by atoms with Gasteiger partial charge in [0.25, 0.3) is 0 Å². The molecule has 0 fully saturated rings. The van der Waals surface area contributed by atoms with Gasteiger partial charge in [-0.3, -0.25) is 28.8 Å². The molecule has 4 rings (SSSR count). The van der Waals surface area contributed by atoms with Crippen LogP contribution in [0.1, 0.15) is 84.0 Å². The molecule has 7 atom stereocenters. The number of rotatable bonds is 27. The molecular formula is C48H69N11O8. The van der Waals surface area contributed by atoms with E-state index in [9.17, 15) is 38.7 Å². The number of unbranched alkanes of at least 4 members (excludes halogenated alkanes) is 1. The minimum absolute atomic E-state index is 0.0100. The Morgan fingerprint density at radius 1 is 0.627 bits per heavy atom. The van der Waals surface area contributed by atoms with Crippen LogP contribution in [0.25, 0.3) is 10.9 Å². The number of nitrogens with zero attached hydrogens (tertiary/aromatic N) is 1. The number of carbonyl (C=O) groups is 7. The van der Waals surface area contributed by atoms with Gasteiger partial charge in [0, 0.05) is 48.3 Å². The molecule has 6 amide bonds. The van der Waals surface area contributed by atoms with E-state index in [-0.39, 0.29) is 38.0 Å². The number of benzene rings is 2. The molecule has 2 aromatic heterocycles. The maximum absolute atomic E-state index is 14.5. The number of nitrogens with two attached hydrogens (primary N) is 2. The molecule has 0 aliphatic carbocycles. The van der Waals surface area contributed by atoms with E-state index >= 15 is 0 Å². The number of carboxylic acids is 1. The third kappa shape index (κ3) is 16.4. The Kier molecular flexibility index (Phi) is 20.5. The summed E-state index contributed by atoms with van der Waals surface area (Å²) in [5, 5.41) is 27.1. The highest BCUT2D eigenvalue weighted by atomic mass is 16.4. The van der Waals surface area contributed by atoms with Crippen LogP contribution in [-0.2, 0) is 52.8 Å². The van der Waals surface area contributed by atoms with E-state index in [1.807, 2.05) is 56.3 Å². The molecule has 19 nitrogen and oxygen atoms in total. The molecule has 4 aromatic rings. The Morgan fingerprint density at radius 2 is 1.18 bits per heavy atom. The number of imidazole rings is 1. The topological polar surface area (TPSA) is 308 Å². The number of para-hydroxylation sites is 1. The summed E-state index contributed by atoms with van der Waals surface area (Å²) in [6.45, 7) is 10.9. The minimum atomic E-state index is -1.27. The van der Waals surface area contributed by atoms with E-state index < -0.39 is 95.5 Å². The summed E-state index contributed by atoms with van der Waals surface area (Å²) in [6, 6.07) is 8.36. The van der Waals surface area contributed by atoms with Gasteiger partial charge in [-0.05, 0) is 67.2 Å². The Labute approximate surface area is 391 Å². The number of carboxylic acid groups (broad SMARTS) is 1. The van der Waals surface area contributed by atoms with E-state index in [1.165, 1.54) is 6.33 Å². The molecular weight excluding hydrogens is 859 g/mol. The first-order chi connectivity index (χ1) is 31.9. The number of nitrogens with one attached hydrogen (secondary N) is 8. The SMILES string of the molecule is CC(C)C[C@@H](NC(=O)[C@@H](CCCCN)NC(=O)[C@H](NC(=O)[C@H](NC(=O)[C@@H](Cc1c[nH]c2ccccc12)NC(=O)[C@@H](Cc1ccccc1)NC(=O)[C@H](N)Cc1cnc[nH]1)C(C)C)C(C)C)C(=O)O. The number of hydrogen-bond donors (Lipinski definition) is 11. The standard InChI is InChI=1S/C48H69N11O8/c1-27(2)20-39(48(66)67)57-43(61)36(18-12-13-19-49)54-46(64)40(28(3)4)59-47(65)41(29(5)6)58-45(63)38(22-31-24-52-35-17-11-10-16-33(31)35)56-44(62)37(21-30-14-8-7-9-15-30)55-42(60)34(50)23-32-25-51-26-53-32/h7-11,14-17,24-29,34,36-41,52H,12-13,18-23,49-50H2,1-6H3,(H,51,53)(H,54,64)(H,55,60)(H,56,62)(H,57,61)(H,58,63)(H,59,65)(H,66,67)/t34-,36-,37-,38-,39-,40-,41-/m1/s1. The first kappa shape index (κ1) is 53.0. The second-order valence-corrected chi connectivity index (χ2v) is 18.1. The average Bonchev–Trinajstić information content (AvgIpc) is 3.96. The smallest absolute Gasteiger partial charge is 0.326 e. The molecule has 364 valence electrons. The van der Waals surface area contributed by atoms with Crippen molar-refractivity contribution in [1.82, 2.24) is 46.9 Å². The lowest BCUT2D eigenvalue weighted by molar-refractivity contribution is -0.143. The predicted octanol–water partition coefficient (Wildman–Crippen LogP) is 1.73. The molecule has 0 aliphatic rings. The van der Waals surface area contributed by atoms with Crippen LogP contribution in [0.4, 0.5) is 0 Å². The molecule has 0 bridgehead atoms. The molecule has 67 heavy (non-hydrogen) atoms. The monoisotopic (exact) mass is 928 g/mol. The number of H-pyrrole nitrogens is 2. The molecule has 0 saturated carbocycles. The number of hydrogen-bond acceptors (Lipinski definition) is 10. The average molecular weight is 928 g/mol. The van der Waals surface area contributed by atoms with Crippen LogP contribution < -0.4 is 43.4 Å². The van der Waals surface area contributed by atoms with Crippen LogP contribution >= 0.6 is 0 Å². The summed E-state index contributed by atoms with van der Waals surface area (Å²) in [4.78, 5) is 106. The normalized spacial score (nSPS) is 14.6. The first-order valence-electron chi connectivity index (χ1n) is 22.9. The zero-order chi connectivity index (χ0) is 49.2. The Bertz CT molecular complexity index is 2250. The Hall–Kier alpha value is -6.60. The number of aliphatic carboxylic acids is 1. The highest BCUT2D eigenvalue weighted by molar-refractivity contribution is 5.97. The van der Waals surface area contributed by atoms with E-state index in [1.54, 1.807) is 52.2 Å². The lowest BCUT2D eigenvalue weighted by Crippen LogP contribution is -2.61. The summed E-state index contributed by atoms with van der Waals surface area (Å²) in [6.07, 6.45) is 6.32. The third-order valence-electron chi connectivity index (χ3n) is 11.4. The maximum Gasteiger partial charge on any atom is 0.326 e. The van der Waals surface area contributed by atoms with Crippen molar-refractivity contribution in [3.63, 3.8) is 0 Å². The molecule has 2 heterocycles. The van der Waals surface area contributed by atoms with E-state index in [4.69, 9.17) is 11.5 Å². The molecule has 2 aromatic carbocycles. The van der Waals surface area contributed by atoms with Crippen LogP contribution in [0.5, 0.6) is 0 Å². The largest absolute Gasteiger partial charge is 0.480 e. The number of fused-ring (bicyclic) bond motifs is 1. The molecule has 19 heteroatoms. The summed E-state index contributed by atoms with van der Waals surface area (Å²) in [7, 11) is 0. The van der Waals surface area contributed by atoms with Crippen molar-refractivity contribution in [1.29, 1.82) is 0 Å². The second kappa shape index (κ2) is 25.9. The maximum atomic E-state index is 14.5. The van der Waals surface area contributed by atoms with E-state index in [0.29, 0.717) is 30.6 Å². The van der Waals surface area contributed by atoms with Gasteiger partial charge in [0.1, 0.15) is 36.3 Å². The van der Waals surface area contributed by atoms with Crippen molar-refractivity contribution in [2.75, 3.05) is 6.54 Å². The van der Waals surface area contributed by atoms with Crippen LogP contribution in [0.2, 0.25) is 0 Å². The van der Waals surface area contributed by atoms with Crippen molar-refractivity contribution in [3.8, 4) is 0 Å². The molecule has 0 unspecified atom stereocenters. The van der Waals surface area contributed by atoms with E-state index in [0.717, 1.165) is 16.5 Å². The molecule has 0 aliphatic heterocycles. The zero-order valence-electron chi connectivity index (χ0n) is 39.3. The van der Waals surface area contributed by atoms with Gasteiger partial charge in [0.2, 0.25) is 35.4 Å². The predicted molar refractivity (Wildman–Crippen MR) is 254 cm³/mol. The number of aromatic amines is 2. The fraction of sp³-hybridized carbons (Fsp3) is 0.500. The van der Waals surface area contributed by atoms with Crippen LogP contribution in [0.15, 0.2) is 73.3 Å². The van der Waals surface area contributed by atoms with Gasteiger partial charge in [-0.2, -0.15) is 0 Å². The summed E-state index contributed by atoms with van der Waals surface area (Å²) in [5.74, 6) is -6.27. The Balaban J connectivity index is 1.58. The number of carbonyl (C=O) groups excluding carboxylic acids is 6. The van der Waals surface area contributed by atoms with Crippen molar-refractivity contribution < 1.29 is 38.7 Å². The van der Waals surface area contributed by atoms with Gasteiger partial charge in [0.05, 0.1) is 12.4 Å². The minimum Gasteiger partial charge on any atom is -0.480 e. The fourth-order valence-electron chi connectivity index (χ4n) is 7.62. The zero-order valence-corrected chi connectivity index (χ0v) is 39.3. The lowest BCUT2D eigenvalue weighted by atomic mass is 9.97. The first-order valence-corrected chi connectivity index (χ1v) is 22.9. The van der Waals surface area contributed by atoms with Crippen LogP contribution in [0.3, 0.4) is 0 Å². The molecule has 0 saturated heterocycles. The summed E-state index contributed by atoms with van der Waals surface area (Å²) in [5.41, 5.74) is 14.8. The number of aromatic nitrogens is 3. The summed E-state index contributed by atoms with van der Waals surface area (Å²) < 4.78 is 0. The van der Waals surface area contributed by atoms with E-state index in [2.05, 4.69) is 46.9 Å². The van der Waals surface area contributed by atoms with Gasteiger partial charge < -0.3 is 58.4 Å². The van der Waals surface area contributed by atoms with Gasteiger partial charge >= 0.3 is 5.97 Å². The Morgan fingerprint density at radius 3 is 1.79 bits per heavy atom. The van der Waals surface area contributed by atoms with Crippen molar-refractivity contribution >= 4 is 52.3 Å². The molecule has 0 spiro atoms. The van der Waals surface area contributed by atoms with Gasteiger partial charge in [-0.1, -0.05) is 90.1 Å². The van der Waals surface area contributed by atoms with Gasteiger partial charge in [-0.15, -0.1) is 0 Å².